The van der Waals surface area contributed by atoms with Crippen molar-refractivity contribution < 1.29 is 0 Å². The predicted molar refractivity (Wildman–Crippen MR) is 74.7 cm³/mol. The van der Waals surface area contributed by atoms with Crippen LogP contribution in [0.1, 0.15) is 26.3 Å². The van der Waals surface area contributed by atoms with Crippen LogP contribution in [-0.2, 0) is 6.54 Å². The maximum atomic E-state index is 5.64. The highest BCUT2D eigenvalue weighted by Crippen LogP contribution is 2.25. The van der Waals surface area contributed by atoms with Crippen LogP contribution in [0.3, 0.4) is 0 Å². The molecule has 0 radical (unpaired) electrons. The molecule has 0 heterocycles. The van der Waals surface area contributed by atoms with Gasteiger partial charge in [-0.2, -0.15) is 0 Å². The number of halogens is 1. The van der Waals surface area contributed by atoms with Crippen LogP contribution in [0.4, 0.5) is 5.69 Å². The fraction of sp³-hybridized carbons (Fsp3) is 0.538. The summed E-state index contributed by atoms with van der Waals surface area (Å²) >= 11 is 3.56. The van der Waals surface area contributed by atoms with Gasteiger partial charge in [-0.3, -0.25) is 0 Å². The van der Waals surface area contributed by atoms with Crippen molar-refractivity contribution in [3.05, 3.63) is 28.2 Å². The number of benzene rings is 1. The Morgan fingerprint density at radius 1 is 1.31 bits per heavy atom. The highest BCUT2D eigenvalue weighted by molar-refractivity contribution is 9.10. The molecule has 0 aliphatic heterocycles. The number of anilines is 1. The Kier molecular flexibility index (Phi) is 4.81. The molecule has 0 bridgehead atoms. The lowest BCUT2D eigenvalue weighted by molar-refractivity contribution is 0.505. The molecule has 0 aliphatic rings. The van der Waals surface area contributed by atoms with Crippen molar-refractivity contribution in [2.24, 2.45) is 11.7 Å². The molecular weight excluding hydrogens is 264 g/mol. The van der Waals surface area contributed by atoms with Crippen LogP contribution in [-0.4, -0.2) is 13.1 Å². The van der Waals surface area contributed by atoms with Gasteiger partial charge in [-0.25, -0.2) is 0 Å². The maximum Gasteiger partial charge on any atom is 0.0377 e. The van der Waals surface area contributed by atoms with Crippen LogP contribution in [0.2, 0.25) is 0 Å². The van der Waals surface area contributed by atoms with Crippen LogP contribution in [0.25, 0.3) is 0 Å². The molecule has 1 unspecified atom stereocenters. The molecule has 0 saturated heterocycles. The molecule has 0 saturated carbocycles. The van der Waals surface area contributed by atoms with Gasteiger partial charge >= 0.3 is 0 Å². The summed E-state index contributed by atoms with van der Waals surface area (Å²) in [4.78, 5) is 2.30. The van der Waals surface area contributed by atoms with E-state index in [1.165, 1.54) is 5.69 Å². The van der Waals surface area contributed by atoms with Gasteiger partial charge in [0.15, 0.2) is 0 Å². The Balaban J connectivity index is 2.92. The third-order valence-electron chi connectivity index (χ3n) is 3.24. The lowest BCUT2D eigenvalue weighted by atomic mass is 10.0. The van der Waals surface area contributed by atoms with Gasteiger partial charge in [0.1, 0.15) is 0 Å². The van der Waals surface area contributed by atoms with E-state index in [4.69, 9.17) is 5.73 Å². The topological polar surface area (TPSA) is 29.3 Å². The second-order valence-electron chi connectivity index (χ2n) is 4.58. The molecule has 2 nitrogen and oxygen atoms in total. The summed E-state index contributed by atoms with van der Waals surface area (Å²) in [7, 11) is 2.13. The zero-order valence-corrected chi connectivity index (χ0v) is 12.1. The SMILES string of the molecule is CC(C)C(C)N(C)c1ccc(CN)c(Br)c1. The molecular formula is C13H21BrN2. The van der Waals surface area contributed by atoms with E-state index in [-0.39, 0.29) is 0 Å². The van der Waals surface area contributed by atoms with Gasteiger partial charge in [0.25, 0.3) is 0 Å². The predicted octanol–water partition coefficient (Wildman–Crippen LogP) is 3.39. The van der Waals surface area contributed by atoms with E-state index in [1.807, 2.05) is 0 Å². The number of rotatable bonds is 4. The summed E-state index contributed by atoms with van der Waals surface area (Å²) < 4.78 is 1.09. The number of nitrogens with zero attached hydrogens (tertiary/aromatic N) is 1. The Bertz CT molecular complexity index is 350. The second-order valence-corrected chi connectivity index (χ2v) is 5.43. The van der Waals surface area contributed by atoms with Crippen molar-refractivity contribution in [2.75, 3.05) is 11.9 Å². The lowest BCUT2D eigenvalue weighted by Gasteiger charge is -2.30. The quantitative estimate of drug-likeness (QED) is 0.918. The van der Waals surface area contributed by atoms with E-state index >= 15 is 0 Å². The Labute approximate surface area is 107 Å². The summed E-state index contributed by atoms with van der Waals surface area (Å²) in [5, 5.41) is 0. The molecule has 1 atom stereocenters. The molecule has 90 valence electrons. The van der Waals surface area contributed by atoms with Gasteiger partial charge in [-0.05, 0) is 30.5 Å². The summed E-state index contributed by atoms with van der Waals surface area (Å²) in [6.45, 7) is 7.30. The van der Waals surface area contributed by atoms with Gasteiger partial charge in [-0.1, -0.05) is 35.8 Å². The van der Waals surface area contributed by atoms with E-state index in [2.05, 4.69) is 66.8 Å². The molecule has 1 aromatic rings. The first-order chi connectivity index (χ1) is 7.47. The van der Waals surface area contributed by atoms with Gasteiger partial charge in [0, 0.05) is 29.8 Å². The van der Waals surface area contributed by atoms with Crippen molar-refractivity contribution in [1.82, 2.24) is 0 Å². The van der Waals surface area contributed by atoms with Gasteiger partial charge in [0.05, 0.1) is 0 Å². The minimum Gasteiger partial charge on any atom is -0.372 e. The first-order valence-corrected chi connectivity index (χ1v) is 6.48. The van der Waals surface area contributed by atoms with E-state index in [0.717, 1.165) is 10.0 Å². The smallest absolute Gasteiger partial charge is 0.0377 e. The van der Waals surface area contributed by atoms with Crippen LogP contribution < -0.4 is 10.6 Å². The fourth-order valence-corrected chi connectivity index (χ4v) is 2.13. The third-order valence-corrected chi connectivity index (χ3v) is 3.98. The Hall–Kier alpha value is -0.540. The summed E-state index contributed by atoms with van der Waals surface area (Å²) in [5.74, 6) is 0.637. The largest absolute Gasteiger partial charge is 0.372 e. The van der Waals surface area contributed by atoms with Crippen molar-refractivity contribution in [3.63, 3.8) is 0 Å². The van der Waals surface area contributed by atoms with E-state index in [0.29, 0.717) is 18.5 Å². The van der Waals surface area contributed by atoms with Crippen LogP contribution in [0.5, 0.6) is 0 Å². The van der Waals surface area contributed by atoms with E-state index in [1.54, 1.807) is 0 Å². The minimum absolute atomic E-state index is 0.524. The van der Waals surface area contributed by atoms with E-state index in [9.17, 15) is 0 Å². The zero-order chi connectivity index (χ0) is 12.3. The number of nitrogens with two attached hydrogens (primary N) is 1. The fourth-order valence-electron chi connectivity index (χ4n) is 1.60. The molecule has 0 spiro atoms. The molecule has 1 rings (SSSR count). The number of hydrogen-bond donors (Lipinski definition) is 1. The average molecular weight is 285 g/mol. The monoisotopic (exact) mass is 284 g/mol. The first-order valence-electron chi connectivity index (χ1n) is 5.68. The maximum absolute atomic E-state index is 5.64. The van der Waals surface area contributed by atoms with Crippen LogP contribution in [0, 0.1) is 5.92 Å². The lowest BCUT2D eigenvalue weighted by Crippen LogP contribution is -2.33. The molecule has 0 amide bonds. The molecule has 3 heteroatoms. The third kappa shape index (κ3) is 2.98. The van der Waals surface area contributed by atoms with Gasteiger partial charge in [0.2, 0.25) is 0 Å². The van der Waals surface area contributed by atoms with E-state index < -0.39 is 0 Å². The zero-order valence-electron chi connectivity index (χ0n) is 10.5. The molecule has 0 aromatic heterocycles. The van der Waals surface area contributed by atoms with Crippen molar-refractivity contribution >= 4 is 21.6 Å². The molecule has 1 aromatic carbocycles. The van der Waals surface area contributed by atoms with Crippen LogP contribution in [0.15, 0.2) is 22.7 Å². The molecule has 2 N–H and O–H groups in total. The highest BCUT2D eigenvalue weighted by Gasteiger charge is 2.14. The molecule has 16 heavy (non-hydrogen) atoms. The number of hydrogen-bond acceptors (Lipinski definition) is 2. The van der Waals surface area contributed by atoms with Crippen molar-refractivity contribution in [1.29, 1.82) is 0 Å². The summed E-state index contributed by atoms with van der Waals surface area (Å²) in [5.41, 5.74) is 8.02. The average Bonchev–Trinajstić information content (AvgIpc) is 2.26. The first kappa shape index (κ1) is 13.5. The van der Waals surface area contributed by atoms with Crippen molar-refractivity contribution in [2.45, 2.75) is 33.4 Å². The highest BCUT2D eigenvalue weighted by atomic mass is 79.9. The summed E-state index contributed by atoms with van der Waals surface area (Å²) in [6, 6.07) is 6.88. The van der Waals surface area contributed by atoms with Gasteiger partial charge < -0.3 is 10.6 Å². The molecule has 0 aliphatic carbocycles. The Morgan fingerprint density at radius 3 is 2.38 bits per heavy atom. The summed E-state index contributed by atoms with van der Waals surface area (Å²) in [6.07, 6.45) is 0. The van der Waals surface area contributed by atoms with Gasteiger partial charge in [-0.15, -0.1) is 0 Å². The van der Waals surface area contributed by atoms with Crippen molar-refractivity contribution in [3.8, 4) is 0 Å². The standard InChI is InChI=1S/C13H21BrN2/c1-9(2)10(3)16(4)12-6-5-11(8-15)13(14)7-12/h5-7,9-10H,8,15H2,1-4H3. The normalized spacial score (nSPS) is 12.9. The second kappa shape index (κ2) is 5.69. The van der Waals surface area contributed by atoms with Crippen LogP contribution >= 0.6 is 15.9 Å². The molecule has 0 fully saturated rings. The Morgan fingerprint density at radius 2 is 1.94 bits per heavy atom. The minimum atomic E-state index is 0.524.